The summed E-state index contributed by atoms with van der Waals surface area (Å²) in [6.45, 7) is 1.76. The van der Waals surface area contributed by atoms with Gasteiger partial charge < -0.3 is 10.2 Å². The van der Waals surface area contributed by atoms with Crippen molar-refractivity contribution in [3.05, 3.63) is 24.1 Å². The molecular formula is C12H17N3OS. The number of nitrogens with two attached hydrogens (primary N) is 1. The predicted octanol–water partition coefficient (Wildman–Crippen LogP) is 2.20. The summed E-state index contributed by atoms with van der Waals surface area (Å²) < 4.78 is 5.66. The largest absolute Gasteiger partial charge is 0.439 e. The zero-order chi connectivity index (χ0) is 12.3. The van der Waals surface area contributed by atoms with Gasteiger partial charge in [0.25, 0.3) is 0 Å². The topological polar surface area (TPSA) is 55.3 Å². The van der Waals surface area contributed by atoms with Crippen LogP contribution in [0.4, 0.5) is 5.69 Å². The molecule has 0 bridgehead atoms. The van der Waals surface area contributed by atoms with Crippen LogP contribution in [0.15, 0.2) is 22.6 Å². The molecule has 17 heavy (non-hydrogen) atoms. The van der Waals surface area contributed by atoms with Crippen molar-refractivity contribution in [1.82, 2.24) is 9.88 Å². The molecule has 0 aliphatic heterocycles. The molecule has 0 aliphatic rings. The van der Waals surface area contributed by atoms with Gasteiger partial charge in [-0.3, -0.25) is 4.90 Å². The van der Waals surface area contributed by atoms with E-state index >= 15 is 0 Å². The number of rotatable bonds is 5. The molecule has 1 aromatic heterocycles. The van der Waals surface area contributed by atoms with Gasteiger partial charge in [0.05, 0.1) is 6.54 Å². The smallest absolute Gasteiger partial charge is 0.209 e. The SMILES string of the molecule is CSCCN(C)Cc1nc2cc(N)ccc2o1. The van der Waals surface area contributed by atoms with E-state index in [1.54, 1.807) is 0 Å². The Morgan fingerprint density at radius 3 is 3.06 bits per heavy atom. The second kappa shape index (κ2) is 5.42. The Morgan fingerprint density at radius 2 is 2.29 bits per heavy atom. The molecule has 1 heterocycles. The Labute approximate surface area is 105 Å². The van der Waals surface area contributed by atoms with Crippen molar-refractivity contribution in [2.24, 2.45) is 0 Å². The quantitative estimate of drug-likeness (QED) is 0.826. The van der Waals surface area contributed by atoms with Crippen LogP contribution in [0.2, 0.25) is 0 Å². The molecule has 0 aliphatic carbocycles. The number of hydrogen-bond acceptors (Lipinski definition) is 5. The average Bonchev–Trinajstić information content (AvgIpc) is 2.67. The van der Waals surface area contributed by atoms with Crippen LogP contribution < -0.4 is 5.73 Å². The van der Waals surface area contributed by atoms with E-state index < -0.39 is 0 Å². The van der Waals surface area contributed by atoms with Gasteiger partial charge in [-0.2, -0.15) is 11.8 Å². The molecule has 0 fully saturated rings. The number of oxazole rings is 1. The highest BCUT2D eigenvalue weighted by Crippen LogP contribution is 2.18. The van der Waals surface area contributed by atoms with E-state index in [0.717, 1.165) is 35.8 Å². The highest BCUT2D eigenvalue weighted by Gasteiger charge is 2.08. The van der Waals surface area contributed by atoms with Crippen LogP contribution in [-0.4, -0.2) is 35.5 Å². The number of benzene rings is 1. The molecular weight excluding hydrogens is 234 g/mol. The number of thioether (sulfide) groups is 1. The maximum absolute atomic E-state index is 5.71. The first kappa shape index (κ1) is 12.3. The second-order valence-corrected chi connectivity index (χ2v) is 5.05. The molecule has 2 rings (SSSR count). The van der Waals surface area contributed by atoms with Gasteiger partial charge in [0, 0.05) is 18.0 Å². The third kappa shape index (κ3) is 3.14. The van der Waals surface area contributed by atoms with Crippen LogP contribution in [0.5, 0.6) is 0 Å². The van der Waals surface area contributed by atoms with Gasteiger partial charge in [-0.1, -0.05) is 0 Å². The minimum Gasteiger partial charge on any atom is -0.439 e. The van der Waals surface area contributed by atoms with Gasteiger partial charge in [-0.15, -0.1) is 0 Å². The van der Waals surface area contributed by atoms with Crippen molar-refractivity contribution in [2.45, 2.75) is 6.54 Å². The Morgan fingerprint density at radius 1 is 1.47 bits per heavy atom. The summed E-state index contributed by atoms with van der Waals surface area (Å²) in [5.41, 5.74) is 8.05. The molecule has 5 heteroatoms. The number of aromatic nitrogens is 1. The summed E-state index contributed by atoms with van der Waals surface area (Å²) in [5, 5.41) is 0. The van der Waals surface area contributed by atoms with Crippen LogP contribution in [-0.2, 0) is 6.54 Å². The number of nitrogen functional groups attached to an aromatic ring is 1. The molecule has 0 saturated carbocycles. The fourth-order valence-corrected chi connectivity index (χ4v) is 2.11. The number of hydrogen-bond donors (Lipinski definition) is 1. The first-order valence-electron chi connectivity index (χ1n) is 5.51. The molecule has 0 atom stereocenters. The van der Waals surface area contributed by atoms with Gasteiger partial charge in [0.15, 0.2) is 5.58 Å². The van der Waals surface area contributed by atoms with Gasteiger partial charge in [-0.25, -0.2) is 4.98 Å². The summed E-state index contributed by atoms with van der Waals surface area (Å²) in [6.07, 6.45) is 2.11. The van der Waals surface area contributed by atoms with Crippen molar-refractivity contribution in [3.63, 3.8) is 0 Å². The fraction of sp³-hybridized carbons (Fsp3) is 0.417. The summed E-state index contributed by atoms with van der Waals surface area (Å²) >= 11 is 1.84. The zero-order valence-electron chi connectivity index (χ0n) is 10.1. The van der Waals surface area contributed by atoms with Crippen molar-refractivity contribution in [2.75, 3.05) is 31.3 Å². The molecule has 0 unspecified atom stereocenters. The Hall–Kier alpha value is -1.20. The lowest BCUT2D eigenvalue weighted by atomic mass is 10.3. The lowest BCUT2D eigenvalue weighted by molar-refractivity contribution is 0.309. The molecule has 1 aromatic carbocycles. The molecule has 0 saturated heterocycles. The fourth-order valence-electron chi connectivity index (χ4n) is 1.62. The Bertz CT molecular complexity index is 497. The number of anilines is 1. The third-order valence-corrected chi connectivity index (χ3v) is 3.13. The predicted molar refractivity (Wildman–Crippen MR) is 73.1 cm³/mol. The van der Waals surface area contributed by atoms with Gasteiger partial charge >= 0.3 is 0 Å². The van der Waals surface area contributed by atoms with Gasteiger partial charge in [0.1, 0.15) is 5.52 Å². The monoisotopic (exact) mass is 251 g/mol. The summed E-state index contributed by atoms with van der Waals surface area (Å²) in [7, 11) is 2.07. The van der Waals surface area contributed by atoms with Gasteiger partial charge in [-0.05, 0) is 31.5 Å². The van der Waals surface area contributed by atoms with Crippen molar-refractivity contribution in [1.29, 1.82) is 0 Å². The van der Waals surface area contributed by atoms with E-state index in [2.05, 4.69) is 23.2 Å². The van der Waals surface area contributed by atoms with Crippen LogP contribution >= 0.6 is 11.8 Å². The summed E-state index contributed by atoms with van der Waals surface area (Å²) in [6, 6.07) is 5.53. The van der Waals surface area contributed by atoms with Crippen LogP contribution in [0.3, 0.4) is 0 Å². The first-order valence-corrected chi connectivity index (χ1v) is 6.91. The van der Waals surface area contributed by atoms with Gasteiger partial charge in [0.2, 0.25) is 5.89 Å². The van der Waals surface area contributed by atoms with Crippen molar-refractivity contribution >= 4 is 28.5 Å². The highest BCUT2D eigenvalue weighted by molar-refractivity contribution is 7.98. The standard InChI is InChI=1S/C12H17N3OS/c1-15(5-6-17-2)8-12-14-10-7-9(13)3-4-11(10)16-12/h3-4,7H,5-6,8,13H2,1-2H3. The van der Waals surface area contributed by atoms with Crippen LogP contribution in [0.25, 0.3) is 11.1 Å². The van der Waals surface area contributed by atoms with E-state index in [1.807, 2.05) is 30.0 Å². The lowest BCUT2D eigenvalue weighted by Crippen LogP contribution is -2.20. The molecule has 0 amide bonds. The van der Waals surface area contributed by atoms with E-state index in [1.165, 1.54) is 0 Å². The number of nitrogens with zero attached hydrogens (tertiary/aromatic N) is 2. The number of fused-ring (bicyclic) bond motifs is 1. The zero-order valence-corrected chi connectivity index (χ0v) is 11.0. The first-order chi connectivity index (χ1) is 8.19. The lowest BCUT2D eigenvalue weighted by Gasteiger charge is -2.12. The van der Waals surface area contributed by atoms with Crippen molar-refractivity contribution in [3.8, 4) is 0 Å². The minimum absolute atomic E-state index is 0.716. The van der Waals surface area contributed by atoms with Crippen molar-refractivity contribution < 1.29 is 4.42 Å². The maximum atomic E-state index is 5.71. The normalized spacial score (nSPS) is 11.5. The third-order valence-electron chi connectivity index (χ3n) is 2.54. The summed E-state index contributed by atoms with van der Waals surface area (Å²) in [5.74, 6) is 1.86. The molecule has 0 spiro atoms. The molecule has 4 nitrogen and oxygen atoms in total. The molecule has 2 aromatic rings. The Kier molecular flexibility index (Phi) is 3.91. The Balaban J connectivity index is 2.08. The average molecular weight is 251 g/mol. The van der Waals surface area contributed by atoms with Crippen LogP contribution in [0.1, 0.15) is 5.89 Å². The van der Waals surface area contributed by atoms with Crippen LogP contribution in [0, 0.1) is 0 Å². The van der Waals surface area contributed by atoms with E-state index in [4.69, 9.17) is 10.2 Å². The molecule has 2 N–H and O–H groups in total. The van der Waals surface area contributed by atoms with E-state index in [-0.39, 0.29) is 0 Å². The van der Waals surface area contributed by atoms with E-state index in [0.29, 0.717) is 5.69 Å². The maximum Gasteiger partial charge on any atom is 0.209 e. The highest BCUT2D eigenvalue weighted by atomic mass is 32.2. The molecule has 0 radical (unpaired) electrons. The van der Waals surface area contributed by atoms with E-state index in [9.17, 15) is 0 Å². The summed E-state index contributed by atoms with van der Waals surface area (Å²) in [4.78, 5) is 6.63. The molecule has 92 valence electrons. The second-order valence-electron chi connectivity index (χ2n) is 4.07. The minimum atomic E-state index is 0.716.